The third-order valence-corrected chi connectivity index (χ3v) is 3.01. The number of hydrogen-bond donors (Lipinski definition) is 3. The molecule has 0 amide bonds. The molecular weight excluding hydrogens is 269 g/mol. The maximum absolute atomic E-state index is 13.5. The minimum Gasteiger partial charge on any atom is -0.362 e. The molecule has 19 heavy (non-hydrogen) atoms. The number of nitrogens with zero attached hydrogens (tertiary/aromatic N) is 2. The van der Waals surface area contributed by atoms with Crippen LogP contribution in [0.5, 0.6) is 0 Å². The van der Waals surface area contributed by atoms with Gasteiger partial charge in [0.2, 0.25) is 5.95 Å². The summed E-state index contributed by atoms with van der Waals surface area (Å²) in [6.07, 6.45) is 2.04. The third kappa shape index (κ3) is 3.75. The molecule has 0 aliphatic carbocycles. The molecule has 6 nitrogen and oxygen atoms in total. The van der Waals surface area contributed by atoms with Crippen LogP contribution in [0.2, 0.25) is 0 Å². The van der Waals surface area contributed by atoms with Gasteiger partial charge in [-0.05, 0) is 6.42 Å². The van der Waals surface area contributed by atoms with Gasteiger partial charge in [0.15, 0.2) is 11.6 Å². The molecule has 2 heterocycles. The molecule has 2 aromatic rings. The van der Waals surface area contributed by atoms with Crippen molar-refractivity contribution in [1.29, 1.82) is 0 Å². The zero-order chi connectivity index (χ0) is 13.7. The average molecular weight is 283 g/mol. The number of H-pyrrole nitrogens is 1. The van der Waals surface area contributed by atoms with Gasteiger partial charge in [-0.3, -0.25) is 4.79 Å². The Kier molecular flexibility index (Phi) is 4.45. The molecule has 0 spiro atoms. The van der Waals surface area contributed by atoms with Gasteiger partial charge in [-0.25, -0.2) is 9.37 Å². The van der Waals surface area contributed by atoms with E-state index in [-0.39, 0.29) is 10.7 Å². The van der Waals surface area contributed by atoms with Gasteiger partial charge >= 0.3 is 4.87 Å². The minimum absolute atomic E-state index is 0.112. The van der Waals surface area contributed by atoms with Gasteiger partial charge in [-0.1, -0.05) is 18.3 Å². The maximum atomic E-state index is 13.5. The van der Waals surface area contributed by atoms with E-state index < -0.39 is 5.82 Å². The fraction of sp³-hybridized carbons (Fsp3) is 0.364. The molecule has 0 saturated carbocycles. The molecule has 8 heteroatoms. The van der Waals surface area contributed by atoms with Crippen molar-refractivity contribution in [3.8, 4) is 0 Å². The molecule has 0 aromatic carbocycles. The second-order valence-electron chi connectivity index (χ2n) is 3.84. The molecule has 0 aliphatic heterocycles. The first-order valence-electron chi connectivity index (χ1n) is 5.86. The highest BCUT2D eigenvalue weighted by Crippen LogP contribution is 2.12. The number of anilines is 2. The molecule has 0 aliphatic rings. The van der Waals surface area contributed by atoms with Gasteiger partial charge in [0, 0.05) is 17.6 Å². The van der Waals surface area contributed by atoms with Crippen LogP contribution in [0.4, 0.5) is 16.2 Å². The van der Waals surface area contributed by atoms with Crippen LogP contribution in [-0.2, 0) is 6.54 Å². The van der Waals surface area contributed by atoms with E-state index in [0.717, 1.165) is 30.5 Å². The van der Waals surface area contributed by atoms with Crippen LogP contribution >= 0.6 is 11.3 Å². The largest absolute Gasteiger partial charge is 0.362 e. The van der Waals surface area contributed by atoms with E-state index in [4.69, 9.17) is 0 Å². The predicted molar refractivity (Wildman–Crippen MR) is 73.0 cm³/mol. The zero-order valence-corrected chi connectivity index (χ0v) is 11.2. The molecule has 2 aromatic heterocycles. The SMILES string of the molecule is CCCNc1ncc(F)c(NCc2csc(=O)[nH]2)n1. The number of rotatable bonds is 6. The van der Waals surface area contributed by atoms with Crippen molar-refractivity contribution in [3.63, 3.8) is 0 Å². The molecule has 0 saturated heterocycles. The third-order valence-electron chi connectivity index (χ3n) is 2.29. The zero-order valence-electron chi connectivity index (χ0n) is 10.4. The second kappa shape index (κ2) is 6.28. The highest BCUT2D eigenvalue weighted by molar-refractivity contribution is 7.07. The smallest absolute Gasteiger partial charge is 0.304 e. The van der Waals surface area contributed by atoms with Crippen LogP contribution in [0.15, 0.2) is 16.4 Å². The lowest BCUT2D eigenvalue weighted by Crippen LogP contribution is -2.10. The number of nitrogens with one attached hydrogen (secondary N) is 3. The van der Waals surface area contributed by atoms with Crippen molar-refractivity contribution >= 4 is 23.1 Å². The molecule has 0 fully saturated rings. The fourth-order valence-corrected chi connectivity index (χ4v) is 1.97. The lowest BCUT2D eigenvalue weighted by molar-refractivity contribution is 0.617. The van der Waals surface area contributed by atoms with E-state index in [9.17, 15) is 9.18 Å². The van der Waals surface area contributed by atoms with Crippen LogP contribution in [-0.4, -0.2) is 21.5 Å². The van der Waals surface area contributed by atoms with Crippen LogP contribution in [0, 0.1) is 5.82 Å². The number of aromatic amines is 1. The Balaban J connectivity index is 2.04. The number of hydrogen-bond acceptors (Lipinski definition) is 6. The molecular formula is C11H14FN5OS. The van der Waals surface area contributed by atoms with Gasteiger partial charge in [0.25, 0.3) is 0 Å². The van der Waals surface area contributed by atoms with Crippen LogP contribution < -0.4 is 15.5 Å². The summed E-state index contributed by atoms with van der Waals surface area (Å²) < 4.78 is 13.5. The second-order valence-corrected chi connectivity index (χ2v) is 4.69. The predicted octanol–water partition coefficient (Wildman–Crippen LogP) is 1.80. The van der Waals surface area contributed by atoms with Crippen LogP contribution in [0.1, 0.15) is 19.0 Å². The van der Waals surface area contributed by atoms with E-state index in [1.54, 1.807) is 5.38 Å². The highest BCUT2D eigenvalue weighted by atomic mass is 32.1. The molecule has 102 valence electrons. The van der Waals surface area contributed by atoms with E-state index in [1.165, 1.54) is 0 Å². The van der Waals surface area contributed by atoms with Gasteiger partial charge in [0.1, 0.15) is 0 Å². The molecule has 0 radical (unpaired) electrons. The van der Waals surface area contributed by atoms with Crippen molar-refractivity contribution in [2.24, 2.45) is 0 Å². The summed E-state index contributed by atoms with van der Waals surface area (Å²) in [5.41, 5.74) is 0.691. The molecule has 3 N–H and O–H groups in total. The Morgan fingerprint density at radius 2 is 2.32 bits per heavy atom. The summed E-state index contributed by atoms with van der Waals surface area (Å²) in [5.74, 6) is -0.0372. The van der Waals surface area contributed by atoms with Crippen LogP contribution in [0.3, 0.4) is 0 Å². The van der Waals surface area contributed by atoms with Crippen molar-refractivity contribution in [2.75, 3.05) is 17.2 Å². The topological polar surface area (TPSA) is 82.7 Å². The molecule has 0 bridgehead atoms. The standard InChI is InChI=1S/C11H14FN5OS/c1-2-3-13-10-15-5-8(12)9(17-10)14-4-7-6-19-11(18)16-7/h5-6H,2-4H2,1H3,(H,16,18)(H2,13,14,15,17). The Bertz CT molecular complexity index is 597. The highest BCUT2D eigenvalue weighted by Gasteiger charge is 2.07. The first kappa shape index (κ1) is 13.5. The van der Waals surface area contributed by atoms with Crippen molar-refractivity contribution in [3.05, 3.63) is 32.8 Å². The van der Waals surface area contributed by atoms with E-state index in [1.807, 2.05) is 6.92 Å². The van der Waals surface area contributed by atoms with Crippen molar-refractivity contribution in [2.45, 2.75) is 19.9 Å². The number of aromatic nitrogens is 3. The Morgan fingerprint density at radius 3 is 3.00 bits per heavy atom. The lowest BCUT2D eigenvalue weighted by atomic mass is 10.4. The van der Waals surface area contributed by atoms with Gasteiger partial charge in [-0.15, -0.1) is 0 Å². The van der Waals surface area contributed by atoms with E-state index in [0.29, 0.717) is 18.2 Å². The normalized spacial score (nSPS) is 10.4. The average Bonchev–Trinajstić information content (AvgIpc) is 2.82. The van der Waals surface area contributed by atoms with Crippen LogP contribution in [0.25, 0.3) is 0 Å². The fourth-order valence-electron chi connectivity index (χ4n) is 1.39. The lowest BCUT2D eigenvalue weighted by Gasteiger charge is -2.08. The monoisotopic (exact) mass is 283 g/mol. The molecule has 0 unspecified atom stereocenters. The summed E-state index contributed by atoms with van der Waals surface area (Å²) in [7, 11) is 0. The van der Waals surface area contributed by atoms with E-state index >= 15 is 0 Å². The summed E-state index contributed by atoms with van der Waals surface area (Å²) in [6.45, 7) is 3.05. The Hall–Kier alpha value is -1.96. The molecule has 2 rings (SSSR count). The number of thiazole rings is 1. The van der Waals surface area contributed by atoms with Gasteiger partial charge < -0.3 is 15.6 Å². The summed E-state index contributed by atoms with van der Waals surface area (Å²) in [6, 6.07) is 0. The summed E-state index contributed by atoms with van der Waals surface area (Å²) in [4.78, 5) is 21.3. The van der Waals surface area contributed by atoms with Crippen molar-refractivity contribution in [1.82, 2.24) is 15.0 Å². The molecule has 0 atom stereocenters. The number of halogens is 1. The minimum atomic E-state index is -0.528. The summed E-state index contributed by atoms with van der Waals surface area (Å²) >= 11 is 1.07. The Labute approximate surface area is 113 Å². The first-order valence-corrected chi connectivity index (χ1v) is 6.74. The Morgan fingerprint density at radius 1 is 1.47 bits per heavy atom. The summed E-state index contributed by atoms with van der Waals surface area (Å²) in [5, 5.41) is 7.49. The van der Waals surface area contributed by atoms with Gasteiger partial charge in [0.05, 0.1) is 12.7 Å². The quantitative estimate of drug-likeness (QED) is 0.753. The first-order chi connectivity index (χ1) is 9.19. The van der Waals surface area contributed by atoms with Gasteiger partial charge in [-0.2, -0.15) is 4.98 Å². The van der Waals surface area contributed by atoms with E-state index in [2.05, 4.69) is 25.6 Å². The maximum Gasteiger partial charge on any atom is 0.304 e. The van der Waals surface area contributed by atoms with Crippen molar-refractivity contribution < 1.29 is 4.39 Å².